The van der Waals surface area contributed by atoms with Gasteiger partial charge in [-0.3, -0.25) is 0 Å². The fraction of sp³-hybridized carbons (Fsp3) is 0. The second kappa shape index (κ2) is 8.71. The van der Waals surface area contributed by atoms with Crippen molar-refractivity contribution in [3.05, 3.63) is 114 Å². The molecule has 0 heterocycles. The molecule has 1 unspecified atom stereocenters. The zero-order chi connectivity index (χ0) is 18.5. The molecule has 4 aromatic carbocycles. The molecule has 4 rings (SSSR count). The van der Waals surface area contributed by atoms with Crippen molar-refractivity contribution in [3.63, 3.8) is 0 Å². The second-order valence-electron chi connectivity index (χ2n) is 5.96. The molecule has 132 valence electrons. The van der Waals surface area contributed by atoms with Crippen molar-refractivity contribution >= 4 is 34.3 Å². The summed E-state index contributed by atoms with van der Waals surface area (Å²) in [4.78, 5) is 6.39. The molecule has 27 heavy (non-hydrogen) atoms. The summed E-state index contributed by atoms with van der Waals surface area (Å²) in [5.41, 5.74) is 0. The van der Waals surface area contributed by atoms with Crippen molar-refractivity contribution in [3.8, 4) is 0 Å². The molecule has 0 radical (unpaired) electrons. The summed E-state index contributed by atoms with van der Waals surface area (Å²) in [6.07, 6.45) is 0. The summed E-state index contributed by atoms with van der Waals surface area (Å²) in [5, 5.41) is 0.768. The normalized spacial score (nSPS) is 11.9. The van der Waals surface area contributed by atoms with E-state index in [1.54, 1.807) is 11.8 Å². The van der Waals surface area contributed by atoms with Crippen molar-refractivity contribution in [1.82, 2.24) is 0 Å². The van der Waals surface area contributed by atoms with E-state index >= 15 is 0 Å². The van der Waals surface area contributed by atoms with Gasteiger partial charge < -0.3 is 0 Å². The maximum Gasteiger partial charge on any atom is 0.166 e. The van der Waals surface area contributed by atoms with Gasteiger partial charge in [-0.1, -0.05) is 59.8 Å². The highest BCUT2D eigenvalue weighted by Gasteiger charge is 2.28. The lowest BCUT2D eigenvalue weighted by Gasteiger charge is -2.09. The highest BCUT2D eigenvalue weighted by molar-refractivity contribution is 7.99. The molecule has 0 aliphatic carbocycles. The van der Waals surface area contributed by atoms with E-state index < -0.39 is 0 Å². The van der Waals surface area contributed by atoms with E-state index in [0.29, 0.717) is 0 Å². The van der Waals surface area contributed by atoms with Gasteiger partial charge >= 0.3 is 0 Å². The van der Waals surface area contributed by atoms with Crippen molar-refractivity contribution < 1.29 is 0 Å². The van der Waals surface area contributed by atoms with Crippen LogP contribution in [0.3, 0.4) is 0 Å². The van der Waals surface area contributed by atoms with Crippen LogP contribution in [0.5, 0.6) is 0 Å². The van der Waals surface area contributed by atoms with Crippen LogP contribution in [0.2, 0.25) is 5.02 Å². The first-order valence-corrected chi connectivity index (χ1v) is 11.1. The Morgan fingerprint density at radius 1 is 0.481 bits per heavy atom. The highest BCUT2D eigenvalue weighted by atomic mass is 35.5. The van der Waals surface area contributed by atoms with Gasteiger partial charge in [-0.2, -0.15) is 0 Å². The SMILES string of the molecule is Clc1ccc([S+](c2ccccc2)c2ccc(Sc3ccccc3)cc2)cc1. The molecule has 0 aliphatic rings. The molecule has 0 saturated carbocycles. The van der Waals surface area contributed by atoms with Crippen LogP contribution in [0, 0.1) is 0 Å². The van der Waals surface area contributed by atoms with Gasteiger partial charge in [0.1, 0.15) is 0 Å². The average molecular weight is 406 g/mol. The van der Waals surface area contributed by atoms with Gasteiger partial charge in [0.15, 0.2) is 14.7 Å². The van der Waals surface area contributed by atoms with Crippen LogP contribution in [0.25, 0.3) is 0 Å². The van der Waals surface area contributed by atoms with Crippen molar-refractivity contribution in [2.45, 2.75) is 24.5 Å². The first kappa shape index (κ1) is 18.2. The Hall–Kier alpha value is -2.13. The number of halogens is 1. The largest absolute Gasteiger partial charge is 0.166 e. The van der Waals surface area contributed by atoms with Crippen LogP contribution in [0.4, 0.5) is 0 Å². The molecule has 0 saturated heterocycles. The van der Waals surface area contributed by atoms with Gasteiger partial charge in [0.05, 0.1) is 10.9 Å². The molecular weight excluding hydrogens is 388 g/mol. The number of benzene rings is 4. The van der Waals surface area contributed by atoms with E-state index in [9.17, 15) is 0 Å². The van der Waals surface area contributed by atoms with Crippen molar-refractivity contribution in [2.75, 3.05) is 0 Å². The molecule has 0 nitrogen and oxygen atoms in total. The van der Waals surface area contributed by atoms with E-state index in [2.05, 4.69) is 91.0 Å². The number of hydrogen-bond donors (Lipinski definition) is 0. The predicted molar refractivity (Wildman–Crippen MR) is 117 cm³/mol. The van der Waals surface area contributed by atoms with Gasteiger partial charge in [0.2, 0.25) is 0 Å². The smallest absolute Gasteiger partial charge is 0.0901 e. The monoisotopic (exact) mass is 405 g/mol. The lowest BCUT2D eigenvalue weighted by molar-refractivity contribution is 1.28. The van der Waals surface area contributed by atoms with E-state index in [1.165, 1.54) is 24.5 Å². The van der Waals surface area contributed by atoms with Crippen molar-refractivity contribution in [2.24, 2.45) is 0 Å². The van der Waals surface area contributed by atoms with Gasteiger partial charge in [-0.15, -0.1) is 0 Å². The van der Waals surface area contributed by atoms with Crippen LogP contribution in [0.15, 0.2) is 134 Å². The van der Waals surface area contributed by atoms with Gasteiger partial charge in [-0.25, -0.2) is 0 Å². The Kier molecular flexibility index (Phi) is 5.88. The summed E-state index contributed by atoms with van der Waals surface area (Å²) in [6.45, 7) is 0. The van der Waals surface area contributed by atoms with Crippen LogP contribution in [0.1, 0.15) is 0 Å². The molecule has 0 aromatic heterocycles. The maximum atomic E-state index is 6.11. The molecule has 0 bridgehead atoms. The molecule has 0 fully saturated rings. The molecule has 3 heteroatoms. The van der Waals surface area contributed by atoms with E-state index in [-0.39, 0.29) is 10.9 Å². The third-order valence-electron chi connectivity index (χ3n) is 4.07. The van der Waals surface area contributed by atoms with E-state index in [1.807, 2.05) is 18.2 Å². The fourth-order valence-corrected chi connectivity index (χ4v) is 5.83. The fourth-order valence-electron chi connectivity index (χ4n) is 2.80. The first-order chi connectivity index (χ1) is 13.3. The lowest BCUT2D eigenvalue weighted by atomic mass is 10.3. The molecule has 0 amide bonds. The zero-order valence-electron chi connectivity index (χ0n) is 14.6. The minimum absolute atomic E-state index is 0.146. The summed E-state index contributed by atoms with van der Waals surface area (Å²) >= 11 is 7.89. The number of rotatable bonds is 5. The molecule has 1 atom stereocenters. The Bertz CT molecular complexity index is 982. The van der Waals surface area contributed by atoms with Gasteiger partial charge in [0.25, 0.3) is 0 Å². The third-order valence-corrected chi connectivity index (χ3v) is 7.57. The maximum absolute atomic E-state index is 6.11. The summed E-state index contributed by atoms with van der Waals surface area (Å²) in [7, 11) is -0.146. The minimum Gasteiger partial charge on any atom is -0.0901 e. The Labute approximate surface area is 172 Å². The topological polar surface area (TPSA) is 0 Å². The first-order valence-electron chi connectivity index (χ1n) is 8.67. The Balaban J connectivity index is 1.67. The predicted octanol–water partition coefficient (Wildman–Crippen LogP) is 7.59. The molecule has 0 N–H and O–H groups in total. The summed E-state index contributed by atoms with van der Waals surface area (Å²) < 4.78 is 0. The Morgan fingerprint density at radius 2 is 0.926 bits per heavy atom. The standard InChI is InChI=1S/C24H18ClS2/c25-19-11-15-23(16-12-19)27(22-9-5-2-6-10-22)24-17-13-21(14-18-24)26-20-7-3-1-4-8-20/h1-18H/q+1. The zero-order valence-corrected chi connectivity index (χ0v) is 17.0. The second-order valence-corrected chi connectivity index (χ2v) is 9.57. The van der Waals surface area contributed by atoms with Crippen LogP contribution < -0.4 is 0 Å². The third kappa shape index (κ3) is 4.59. The molecular formula is C24H18ClS2+. The number of hydrogen-bond acceptors (Lipinski definition) is 1. The van der Waals surface area contributed by atoms with Crippen LogP contribution in [-0.4, -0.2) is 0 Å². The van der Waals surface area contributed by atoms with Gasteiger partial charge in [-0.05, 0) is 72.8 Å². The highest BCUT2D eigenvalue weighted by Crippen LogP contribution is 2.34. The van der Waals surface area contributed by atoms with Crippen molar-refractivity contribution in [1.29, 1.82) is 0 Å². The molecule has 0 spiro atoms. The quantitative estimate of drug-likeness (QED) is 0.308. The molecule has 4 aromatic rings. The summed E-state index contributed by atoms with van der Waals surface area (Å²) in [5.74, 6) is 0. The lowest BCUT2D eigenvalue weighted by Crippen LogP contribution is -2.04. The van der Waals surface area contributed by atoms with E-state index in [4.69, 9.17) is 11.6 Å². The van der Waals surface area contributed by atoms with Crippen LogP contribution >= 0.6 is 23.4 Å². The minimum atomic E-state index is -0.146. The summed E-state index contributed by atoms with van der Waals surface area (Å²) in [6, 6.07) is 38.3. The Morgan fingerprint density at radius 3 is 1.52 bits per heavy atom. The van der Waals surface area contributed by atoms with E-state index in [0.717, 1.165) is 5.02 Å². The molecule has 0 aliphatic heterocycles. The van der Waals surface area contributed by atoms with Crippen LogP contribution in [-0.2, 0) is 10.9 Å². The average Bonchev–Trinajstić information content (AvgIpc) is 2.73. The van der Waals surface area contributed by atoms with Gasteiger partial charge in [0, 0.05) is 14.8 Å².